The Bertz CT molecular complexity index is 519. The molecule has 0 bridgehead atoms. The third-order valence-corrected chi connectivity index (χ3v) is 3.18. The summed E-state index contributed by atoms with van der Waals surface area (Å²) in [6, 6.07) is 3.42. The molecular weight excluding hydrogens is 234 g/mol. The van der Waals surface area contributed by atoms with Crippen LogP contribution in [-0.4, -0.2) is 9.55 Å². The SMILES string of the molecule is CCCn1cc(NCc2cncs2)ccc1=O. The minimum absolute atomic E-state index is 0.0511. The van der Waals surface area contributed by atoms with E-state index in [4.69, 9.17) is 0 Å². The zero-order chi connectivity index (χ0) is 12.1. The molecule has 0 fully saturated rings. The van der Waals surface area contributed by atoms with E-state index in [1.54, 1.807) is 22.0 Å². The predicted octanol–water partition coefficient (Wildman–Crippen LogP) is 2.33. The molecule has 0 saturated carbocycles. The second-order valence-corrected chi connectivity index (χ2v) is 4.74. The van der Waals surface area contributed by atoms with E-state index in [2.05, 4.69) is 17.2 Å². The Morgan fingerprint density at radius 1 is 1.47 bits per heavy atom. The van der Waals surface area contributed by atoms with Crippen LogP contribution in [0.4, 0.5) is 5.69 Å². The summed E-state index contributed by atoms with van der Waals surface area (Å²) in [4.78, 5) is 16.7. The summed E-state index contributed by atoms with van der Waals surface area (Å²) >= 11 is 1.62. The smallest absolute Gasteiger partial charge is 0.250 e. The standard InChI is InChI=1S/C12H15N3OS/c1-2-5-15-8-10(3-4-12(15)16)14-7-11-6-13-9-17-11/h3-4,6,8-9,14H,2,5,7H2,1H3. The topological polar surface area (TPSA) is 46.9 Å². The maximum Gasteiger partial charge on any atom is 0.250 e. The summed E-state index contributed by atoms with van der Waals surface area (Å²) in [7, 11) is 0. The zero-order valence-electron chi connectivity index (χ0n) is 9.72. The van der Waals surface area contributed by atoms with Crippen LogP contribution >= 0.6 is 11.3 Å². The molecular formula is C12H15N3OS. The Hall–Kier alpha value is -1.62. The minimum Gasteiger partial charge on any atom is -0.379 e. The summed E-state index contributed by atoms with van der Waals surface area (Å²) in [6.45, 7) is 3.56. The summed E-state index contributed by atoms with van der Waals surface area (Å²) in [5, 5.41) is 3.28. The maximum absolute atomic E-state index is 11.5. The lowest BCUT2D eigenvalue weighted by Gasteiger charge is -2.08. The molecule has 0 radical (unpaired) electrons. The molecule has 0 aromatic carbocycles. The number of anilines is 1. The van der Waals surface area contributed by atoms with Crippen molar-refractivity contribution in [2.24, 2.45) is 0 Å². The van der Waals surface area contributed by atoms with Gasteiger partial charge in [-0.25, -0.2) is 0 Å². The van der Waals surface area contributed by atoms with Crippen LogP contribution in [0.25, 0.3) is 0 Å². The summed E-state index contributed by atoms with van der Waals surface area (Å²) < 4.78 is 1.73. The van der Waals surface area contributed by atoms with Crippen molar-refractivity contribution < 1.29 is 0 Å². The monoisotopic (exact) mass is 249 g/mol. The average molecular weight is 249 g/mol. The van der Waals surface area contributed by atoms with Gasteiger partial charge in [-0.05, 0) is 12.5 Å². The summed E-state index contributed by atoms with van der Waals surface area (Å²) in [5.41, 5.74) is 2.83. The zero-order valence-corrected chi connectivity index (χ0v) is 10.5. The number of hydrogen-bond acceptors (Lipinski definition) is 4. The molecule has 0 saturated heterocycles. The molecule has 90 valence electrons. The third-order valence-electron chi connectivity index (χ3n) is 2.40. The van der Waals surface area contributed by atoms with Crippen LogP contribution in [0.2, 0.25) is 0 Å². The van der Waals surface area contributed by atoms with Crippen molar-refractivity contribution in [3.8, 4) is 0 Å². The lowest BCUT2D eigenvalue weighted by atomic mass is 10.3. The van der Waals surface area contributed by atoms with E-state index in [1.165, 1.54) is 4.88 Å². The molecule has 2 aromatic rings. The molecule has 4 nitrogen and oxygen atoms in total. The number of nitrogens with zero attached hydrogens (tertiary/aromatic N) is 2. The van der Waals surface area contributed by atoms with Crippen molar-refractivity contribution in [3.05, 3.63) is 45.3 Å². The van der Waals surface area contributed by atoms with Crippen LogP contribution < -0.4 is 10.9 Å². The Balaban J connectivity index is 2.06. The van der Waals surface area contributed by atoms with Gasteiger partial charge < -0.3 is 9.88 Å². The lowest BCUT2D eigenvalue weighted by Crippen LogP contribution is -2.18. The van der Waals surface area contributed by atoms with Gasteiger partial charge in [0, 0.05) is 29.9 Å². The van der Waals surface area contributed by atoms with Gasteiger partial charge in [0.15, 0.2) is 0 Å². The molecule has 5 heteroatoms. The normalized spacial score (nSPS) is 10.4. The first-order chi connectivity index (χ1) is 8.29. The van der Waals surface area contributed by atoms with Crippen LogP contribution in [0, 0.1) is 0 Å². The number of rotatable bonds is 5. The highest BCUT2D eigenvalue weighted by Gasteiger charge is 1.99. The first-order valence-corrected chi connectivity index (χ1v) is 6.49. The van der Waals surface area contributed by atoms with Crippen LogP contribution in [-0.2, 0) is 13.1 Å². The molecule has 1 N–H and O–H groups in total. The van der Waals surface area contributed by atoms with Gasteiger partial charge >= 0.3 is 0 Å². The van der Waals surface area contributed by atoms with Crippen molar-refractivity contribution in [1.29, 1.82) is 0 Å². The van der Waals surface area contributed by atoms with Gasteiger partial charge in [-0.2, -0.15) is 0 Å². The first-order valence-electron chi connectivity index (χ1n) is 5.61. The highest BCUT2D eigenvalue weighted by molar-refractivity contribution is 7.09. The van der Waals surface area contributed by atoms with E-state index in [0.717, 1.165) is 25.2 Å². The van der Waals surface area contributed by atoms with Gasteiger partial charge in [-0.1, -0.05) is 6.92 Å². The first kappa shape index (κ1) is 11.9. The van der Waals surface area contributed by atoms with Gasteiger partial charge in [0.25, 0.3) is 5.56 Å². The van der Waals surface area contributed by atoms with E-state index < -0.39 is 0 Å². The number of hydrogen-bond donors (Lipinski definition) is 1. The second kappa shape index (κ2) is 5.63. The number of aryl methyl sites for hydroxylation is 1. The Kier molecular flexibility index (Phi) is 3.93. The fraction of sp³-hybridized carbons (Fsp3) is 0.333. The number of pyridine rings is 1. The highest BCUT2D eigenvalue weighted by atomic mass is 32.1. The molecule has 2 aromatic heterocycles. The summed E-state index contributed by atoms with van der Waals surface area (Å²) in [6.07, 6.45) is 4.67. The molecule has 2 heterocycles. The minimum atomic E-state index is 0.0511. The molecule has 0 spiro atoms. The van der Waals surface area contributed by atoms with Gasteiger partial charge in [0.2, 0.25) is 0 Å². The Morgan fingerprint density at radius 3 is 3.06 bits per heavy atom. The Morgan fingerprint density at radius 2 is 2.35 bits per heavy atom. The van der Waals surface area contributed by atoms with E-state index in [9.17, 15) is 4.79 Å². The number of thiazole rings is 1. The average Bonchev–Trinajstić information content (AvgIpc) is 2.83. The molecule has 0 aliphatic heterocycles. The highest BCUT2D eigenvalue weighted by Crippen LogP contribution is 2.10. The molecule has 0 atom stereocenters. The summed E-state index contributed by atoms with van der Waals surface area (Å²) in [5.74, 6) is 0. The molecule has 2 rings (SSSR count). The molecule has 17 heavy (non-hydrogen) atoms. The van der Waals surface area contributed by atoms with Crippen LogP contribution in [0.15, 0.2) is 34.8 Å². The van der Waals surface area contributed by atoms with Crippen molar-refractivity contribution in [1.82, 2.24) is 9.55 Å². The van der Waals surface area contributed by atoms with E-state index in [-0.39, 0.29) is 5.56 Å². The van der Waals surface area contributed by atoms with Gasteiger partial charge in [-0.15, -0.1) is 11.3 Å². The van der Waals surface area contributed by atoms with Crippen molar-refractivity contribution in [3.63, 3.8) is 0 Å². The van der Waals surface area contributed by atoms with Gasteiger partial charge in [0.1, 0.15) is 0 Å². The number of nitrogens with one attached hydrogen (secondary N) is 1. The fourth-order valence-corrected chi connectivity index (χ4v) is 2.10. The van der Waals surface area contributed by atoms with Crippen molar-refractivity contribution in [2.75, 3.05) is 5.32 Å². The quantitative estimate of drug-likeness (QED) is 0.884. The van der Waals surface area contributed by atoms with Gasteiger partial charge in [0.05, 0.1) is 17.7 Å². The van der Waals surface area contributed by atoms with Crippen LogP contribution in [0.5, 0.6) is 0 Å². The van der Waals surface area contributed by atoms with Crippen molar-refractivity contribution in [2.45, 2.75) is 26.4 Å². The fourth-order valence-electron chi connectivity index (χ4n) is 1.57. The molecule has 0 aliphatic carbocycles. The van der Waals surface area contributed by atoms with Crippen LogP contribution in [0.1, 0.15) is 18.2 Å². The predicted molar refractivity (Wildman–Crippen MR) is 70.4 cm³/mol. The Labute approximate surface area is 104 Å². The van der Waals surface area contributed by atoms with E-state index >= 15 is 0 Å². The maximum atomic E-state index is 11.5. The number of aromatic nitrogens is 2. The van der Waals surface area contributed by atoms with Crippen molar-refractivity contribution >= 4 is 17.0 Å². The molecule has 0 aliphatic rings. The third kappa shape index (κ3) is 3.17. The van der Waals surface area contributed by atoms with E-state index in [0.29, 0.717) is 0 Å². The molecule has 0 unspecified atom stereocenters. The molecule has 0 amide bonds. The van der Waals surface area contributed by atoms with Gasteiger partial charge in [-0.3, -0.25) is 9.78 Å². The van der Waals surface area contributed by atoms with Crippen LogP contribution in [0.3, 0.4) is 0 Å². The van der Waals surface area contributed by atoms with E-state index in [1.807, 2.05) is 24.0 Å². The second-order valence-electron chi connectivity index (χ2n) is 3.77. The lowest BCUT2D eigenvalue weighted by molar-refractivity contribution is 0.655. The largest absolute Gasteiger partial charge is 0.379 e.